The molecule has 8 aromatic rings. The summed E-state index contributed by atoms with van der Waals surface area (Å²) in [7, 11) is 0. The van der Waals surface area contributed by atoms with E-state index in [4.69, 9.17) is 0 Å². The summed E-state index contributed by atoms with van der Waals surface area (Å²) in [6.07, 6.45) is 10.6. The van der Waals surface area contributed by atoms with Crippen molar-refractivity contribution in [3.63, 3.8) is 0 Å². The van der Waals surface area contributed by atoms with Crippen molar-refractivity contribution in [2.45, 2.75) is 33.6 Å². The monoisotopic (exact) mass is 628 g/mol. The zero-order valence-corrected chi connectivity index (χ0v) is 28.5. The van der Waals surface area contributed by atoms with Crippen LogP contribution in [0.3, 0.4) is 0 Å². The quantitative estimate of drug-likeness (QED) is 0.122. The van der Waals surface area contributed by atoms with Gasteiger partial charge in [-0.1, -0.05) is 159 Å². The van der Waals surface area contributed by atoms with Gasteiger partial charge in [0.15, 0.2) is 0 Å². The molecule has 0 spiro atoms. The van der Waals surface area contributed by atoms with Gasteiger partial charge in [-0.2, -0.15) is 0 Å². The highest BCUT2D eigenvalue weighted by Crippen LogP contribution is 2.39. The SMILES string of the molecule is C/C=C\C=C/c1cc2ccc(-c3ccc(-c4ccc5ccc6ccc(-c7ccccc7C)c(CCC)c6c5c4)cc3)cc2c2ccccc12. The maximum absolute atomic E-state index is 2.41. The topological polar surface area (TPSA) is 0 Å². The molecule has 0 aliphatic rings. The molecule has 0 radical (unpaired) electrons. The van der Waals surface area contributed by atoms with Gasteiger partial charge < -0.3 is 0 Å². The normalized spacial score (nSPS) is 12.0. The Balaban J connectivity index is 1.20. The van der Waals surface area contributed by atoms with Crippen LogP contribution in [0.1, 0.15) is 37.0 Å². The highest BCUT2D eigenvalue weighted by atomic mass is 14.2. The fraction of sp³-hybridized carbons (Fsp3) is 0.102. The van der Waals surface area contributed by atoms with E-state index in [0.29, 0.717) is 0 Å². The lowest BCUT2D eigenvalue weighted by Gasteiger charge is -2.17. The van der Waals surface area contributed by atoms with Gasteiger partial charge in [0, 0.05) is 0 Å². The maximum atomic E-state index is 2.41. The Morgan fingerprint density at radius 1 is 0.490 bits per heavy atom. The van der Waals surface area contributed by atoms with Crippen molar-refractivity contribution >= 4 is 49.2 Å². The first-order valence-corrected chi connectivity index (χ1v) is 17.5. The molecule has 0 aromatic heterocycles. The zero-order chi connectivity index (χ0) is 33.3. The molecule has 0 N–H and O–H groups in total. The first kappa shape index (κ1) is 30.6. The summed E-state index contributed by atoms with van der Waals surface area (Å²) in [5, 5.41) is 10.4. The standard InChI is InChI=1S/C49H40/c1-4-6-7-14-40-30-41-27-26-38(31-47(41)44-17-11-10-16-43(40)44)34-18-20-35(21-19-34)39-25-23-36-22-24-37-28-29-45(42-15-9-8-13-33(42)3)46(12-5-2)49(37)48(36)32-39/h4,6-11,13-32H,5,12H2,1-3H3/b6-4-,14-7-. The van der Waals surface area contributed by atoms with Crippen molar-refractivity contribution in [2.75, 3.05) is 0 Å². The van der Waals surface area contributed by atoms with E-state index in [9.17, 15) is 0 Å². The van der Waals surface area contributed by atoms with Crippen LogP contribution >= 0.6 is 0 Å². The van der Waals surface area contributed by atoms with Crippen LogP contribution < -0.4 is 0 Å². The Morgan fingerprint density at radius 3 is 1.84 bits per heavy atom. The third-order valence-corrected chi connectivity index (χ3v) is 10.1. The van der Waals surface area contributed by atoms with Gasteiger partial charge in [0.25, 0.3) is 0 Å². The first-order chi connectivity index (χ1) is 24.1. The third-order valence-electron chi connectivity index (χ3n) is 10.1. The minimum atomic E-state index is 1.05. The second kappa shape index (κ2) is 13.1. The van der Waals surface area contributed by atoms with Gasteiger partial charge in [-0.05, 0) is 132 Å². The van der Waals surface area contributed by atoms with Gasteiger partial charge in [-0.25, -0.2) is 0 Å². The summed E-state index contributed by atoms with van der Waals surface area (Å²) in [5.74, 6) is 0. The van der Waals surface area contributed by atoms with Crippen LogP contribution in [0.2, 0.25) is 0 Å². The molecule has 0 saturated heterocycles. The van der Waals surface area contributed by atoms with Gasteiger partial charge >= 0.3 is 0 Å². The van der Waals surface area contributed by atoms with E-state index >= 15 is 0 Å². The van der Waals surface area contributed by atoms with Gasteiger partial charge in [-0.15, -0.1) is 0 Å². The van der Waals surface area contributed by atoms with E-state index in [-0.39, 0.29) is 0 Å². The molecule has 0 heteroatoms. The molecule has 0 atom stereocenters. The van der Waals surface area contributed by atoms with Crippen LogP contribution in [0.25, 0.3) is 82.5 Å². The summed E-state index contributed by atoms with van der Waals surface area (Å²) in [6.45, 7) is 6.56. The smallest absolute Gasteiger partial charge is 0.00669 e. The van der Waals surface area contributed by atoms with Crippen molar-refractivity contribution in [1.29, 1.82) is 0 Å². The fourth-order valence-electron chi connectivity index (χ4n) is 7.61. The number of fused-ring (bicyclic) bond motifs is 6. The van der Waals surface area contributed by atoms with Gasteiger partial charge in [-0.3, -0.25) is 0 Å². The highest BCUT2D eigenvalue weighted by Gasteiger charge is 2.14. The average Bonchev–Trinajstić information content (AvgIpc) is 3.15. The van der Waals surface area contributed by atoms with Crippen molar-refractivity contribution in [3.05, 3.63) is 174 Å². The van der Waals surface area contributed by atoms with E-state index < -0.39 is 0 Å². The van der Waals surface area contributed by atoms with E-state index in [0.717, 1.165) is 12.8 Å². The summed E-state index contributed by atoms with van der Waals surface area (Å²) in [4.78, 5) is 0. The molecule has 0 unspecified atom stereocenters. The summed E-state index contributed by atoms with van der Waals surface area (Å²) in [5.41, 5.74) is 11.7. The molecule has 236 valence electrons. The minimum Gasteiger partial charge on any atom is -0.0877 e. The van der Waals surface area contributed by atoms with E-state index in [1.54, 1.807) is 0 Å². The van der Waals surface area contributed by atoms with Gasteiger partial charge in [0.2, 0.25) is 0 Å². The van der Waals surface area contributed by atoms with Crippen LogP contribution in [0.5, 0.6) is 0 Å². The number of aryl methyl sites for hydroxylation is 2. The average molecular weight is 629 g/mol. The van der Waals surface area contributed by atoms with Crippen molar-refractivity contribution < 1.29 is 0 Å². The molecule has 8 aromatic carbocycles. The Hall–Kier alpha value is -5.72. The number of hydrogen-bond donors (Lipinski definition) is 0. The van der Waals surface area contributed by atoms with Crippen LogP contribution in [-0.4, -0.2) is 0 Å². The van der Waals surface area contributed by atoms with E-state index in [1.807, 2.05) is 6.92 Å². The lowest BCUT2D eigenvalue weighted by molar-refractivity contribution is 0.931. The number of benzene rings is 8. The van der Waals surface area contributed by atoms with Crippen LogP contribution in [0.15, 0.2) is 158 Å². The van der Waals surface area contributed by atoms with Crippen molar-refractivity contribution in [3.8, 4) is 33.4 Å². The molecule has 0 amide bonds. The summed E-state index contributed by atoms with van der Waals surface area (Å²) < 4.78 is 0. The van der Waals surface area contributed by atoms with Crippen molar-refractivity contribution in [2.24, 2.45) is 0 Å². The first-order valence-electron chi connectivity index (χ1n) is 17.5. The van der Waals surface area contributed by atoms with Gasteiger partial charge in [0.1, 0.15) is 0 Å². The second-order valence-electron chi connectivity index (χ2n) is 13.2. The Bertz CT molecular complexity index is 2560. The van der Waals surface area contributed by atoms with Crippen molar-refractivity contribution in [1.82, 2.24) is 0 Å². The molecule has 0 aliphatic heterocycles. The van der Waals surface area contributed by atoms with Gasteiger partial charge in [0.05, 0.1) is 0 Å². The zero-order valence-electron chi connectivity index (χ0n) is 28.5. The van der Waals surface area contributed by atoms with Crippen LogP contribution in [0.4, 0.5) is 0 Å². The summed E-state index contributed by atoms with van der Waals surface area (Å²) in [6, 6.07) is 52.1. The molecule has 0 aliphatic carbocycles. The molecule has 0 saturated carbocycles. The van der Waals surface area contributed by atoms with E-state index in [2.05, 4.69) is 178 Å². The minimum absolute atomic E-state index is 1.05. The highest BCUT2D eigenvalue weighted by molar-refractivity contribution is 6.13. The molecule has 0 fully saturated rings. The summed E-state index contributed by atoms with van der Waals surface area (Å²) >= 11 is 0. The number of rotatable bonds is 7. The van der Waals surface area contributed by atoms with Crippen LogP contribution in [0, 0.1) is 6.92 Å². The Morgan fingerprint density at radius 2 is 1.10 bits per heavy atom. The molecular formula is C49H40. The predicted octanol–water partition coefficient (Wildman–Crippen LogP) is 14.2. The lowest BCUT2D eigenvalue weighted by atomic mass is 9.87. The molecule has 0 nitrogen and oxygen atoms in total. The third kappa shape index (κ3) is 5.64. The molecule has 0 heterocycles. The lowest BCUT2D eigenvalue weighted by Crippen LogP contribution is -1.95. The Labute approximate surface area is 289 Å². The molecule has 49 heavy (non-hydrogen) atoms. The Kier molecular flexibility index (Phi) is 8.16. The number of allylic oxidation sites excluding steroid dienone is 3. The maximum Gasteiger partial charge on any atom is -0.00669 e. The fourth-order valence-corrected chi connectivity index (χ4v) is 7.61. The van der Waals surface area contributed by atoms with E-state index in [1.165, 1.54) is 93.2 Å². The molecule has 0 bridgehead atoms. The second-order valence-corrected chi connectivity index (χ2v) is 13.2. The van der Waals surface area contributed by atoms with Crippen LogP contribution in [-0.2, 0) is 6.42 Å². The number of hydrogen-bond acceptors (Lipinski definition) is 0. The molecule has 8 rings (SSSR count). The largest absolute Gasteiger partial charge is 0.0877 e. The predicted molar refractivity (Wildman–Crippen MR) is 215 cm³/mol. The molecular weight excluding hydrogens is 589 g/mol.